The maximum absolute atomic E-state index is 9.28. The standard InChI is InChI=1S/C14H20N2/c1-4-12(2)16-14(3,11-15)10-13-8-6-5-7-9-13/h5-9,12,16H,4,10H2,1-3H3. The molecular formula is C14H20N2. The minimum Gasteiger partial charge on any atom is -0.297 e. The van der Waals surface area contributed by atoms with Crippen molar-refractivity contribution in [1.29, 1.82) is 5.26 Å². The second kappa shape index (κ2) is 5.67. The Morgan fingerprint density at radius 2 is 2.00 bits per heavy atom. The van der Waals surface area contributed by atoms with E-state index in [1.807, 2.05) is 25.1 Å². The van der Waals surface area contributed by atoms with Gasteiger partial charge in [-0.05, 0) is 25.8 Å². The lowest BCUT2D eigenvalue weighted by Gasteiger charge is -2.27. The highest BCUT2D eigenvalue weighted by atomic mass is 15.0. The molecule has 1 rings (SSSR count). The van der Waals surface area contributed by atoms with Gasteiger partial charge in [0.1, 0.15) is 5.54 Å². The van der Waals surface area contributed by atoms with Gasteiger partial charge in [0.25, 0.3) is 0 Å². The predicted molar refractivity (Wildman–Crippen MR) is 67.1 cm³/mol. The summed E-state index contributed by atoms with van der Waals surface area (Å²) in [6, 6.07) is 12.9. The first-order valence-corrected chi connectivity index (χ1v) is 5.82. The van der Waals surface area contributed by atoms with E-state index < -0.39 is 5.54 Å². The van der Waals surface area contributed by atoms with Gasteiger partial charge in [-0.15, -0.1) is 0 Å². The van der Waals surface area contributed by atoms with Crippen molar-refractivity contribution < 1.29 is 0 Å². The van der Waals surface area contributed by atoms with E-state index in [9.17, 15) is 5.26 Å². The zero-order valence-corrected chi connectivity index (χ0v) is 10.3. The first kappa shape index (κ1) is 12.7. The molecule has 2 atom stereocenters. The maximum atomic E-state index is 9.28. The van der Waals surface area contributed by atoms with Crippen LogP contribution in [0.1, 0.15) is 32.8 Å². The predicted octanol–water partition coefficient (Wildman–Crippen LogP) is 2.90. The van der Waals surface area contributed by atoms with E-state index in [0.717, 1.165) is 12.8 Å². The molecular weight excluding hydrogens is 196 g/mol. The number of rotatable bonds is 5. The molecule has 0 aliphatic rings. The summed E-state index contributed by atoms with van der Waals surface area (Å²) >= 11 is 0. The molecule has 0 amide bonds. The quantitative estimate of drug-likeness (QED) is 0.821. The number of hydrogen-bond acceptors (Lipinski definition) is 2. The third-order valence-corrected chi connectivity index (χ3v) is 2.82. The maximum Gasteiger partial charge on any atom is 0.108 e. The second-order valence-corrected chi connectivity index (χ2v) is 4.56. The number of nitriles is 1. The molecule has 2 heteroatoms. The Bertz CT molecular complexity index is 353. The van der Waals surface area contributed by atoms with Crippen LogP contribution in [0.3, 0.4) is 0 Å². The van der Waals surface area contributed by atoms with E-state index in [1.165, 1.54) is 5.56 Å². The molecule has 1 N–H and O–H groups in total. The molecule has 0 aliphatic heterocycles. The summed E-state index contributed by atoms with van der Waals surface area (Å²) in [5.41, 5.74) is 0.721. The van der Waals surface area contributed by atoms with Gasteiger partial charge in [0.05, 0.1) is 6.07 Å². The summed E-state index contributed by atoms with van der Waals surface area (Å²) in [6.45, 7) is 6.20. The summed E-state index contributed by atoms with van der Waals surface area (Å²) < 4.78 is 0. The highest BCUT2D eigenvalue weighted by Gasteiger charge is 2.25. The summed E-state index contributed by atoms with van der Waals surface area (Å²) in [7, 11) is 0. The minimum atomic E-state index is -0.475. The van der Waals surface area contributed by atoms with E-state index in [1.54, 1.807) is 0 Å². The highest BCUT2D eigenvalue weighted by Crippen LogP contribution is 2.13. The zero-order valence-electron chi connectivity index (χ0n) is 10.3. The average molecular weight is 216 g/mol. The lowest BCUT2D eigenvalue weighted by atomic mass is 9.93. The first-order valence-electron chi connectivity index (χ1n) is 5.82. The van der Waals surface area contributed by atoms with E-state index in [-0.39, 0.29) is 0 Å². The van der Waals surface area contributed by atoms with Gasteiger partial charge in [-0.3, -0.25) is 5.32 Å². The number of benzene rings is 1. The van der Waals surface area contributed by atoms with Crippen molar-refractivity contribution in [2.24, 2.45) is 0 Å². The van der Waals surface area contributed by atoms with Gasteiger partial charge >= 0.3 is 0 Å². The Morgan fingerprint density at radius 3 is 2.50 bits per heavy atom. The van der Waals surface area contributed by atoms with Crippen LogP contribution in [0.2, 0.25) is 0 Å². The Labute approximate surface area is 98.3 Å². The summed E-state index contributed by atoms with van der Waals surface area (Å²) in [5, 5.41) is 12.7. The second-order valence-electron chi connectivity index (χ2n) is 4.56. The van der Waals surface area contributed by atoms with Crippen LogP contribution in [0.25, 0.3) is 0 Å². The van der Waals surface area contributed by atoms with E-state index in [4.69, 9.17) is 0 Å². The highest BCUT2D eigenvalue weighted by molar-refractivity contribution is 5.21. The molecule has 0 aliphatic carbocycles. The van der Waals surface area contributed by atoms with Crippen molar-refractivity contribution in [1.82, 2.24) is 5.32 Å². The molecule has 0 fully saturated rings. The Balaban J connectivity index is 2.71. The topological polar surface area (TPSA) is 35.8 Å². The SMILES string of the molecule is CCC(C)NC(C)(C#N)Cc1ccccc1. The van der Waals surface area contributed by atoms with Gasteiger partial charge in [0.2, 0.25) is 0 Å². The van der Waals surface area contributed by atoms with Crippen molar-refractivity contribution in [2.75, 3.05) is 0 Å². The lowest BCUT2D eigenvalue weighted by Crippen LogP contribution is -2.47. The van der Waals surface area contributed by atoms with Gasteiger partial charge < -0.3 is 0 Å². The fourth-order valence-electron chi connectivity index (χ4n) is 1.77. The number of nitrogens with one attached hydrogen (secondary N) is 1. The van der Waals surface area contributed by atoms with Crippen LogP contribution in [-0.4, -0.2) is 11.6 Å². The molecule has 1 aromatic carbocycles. The fourth-order valence-corrected chi connectivity index (χ4v) is 1.77. The molecule has 0 spiro atoms. The normalized spacial score (nSPS) is 16.1. The summed E-state index contributed by atoms with van der Waals surface area (Å²) in [5.74, 6) is 0. The van der Waals surface area contributed by atoms with Crippen LogP contribution in [0, 0.1) is 11.3 Å². The van der Waals surface area contributed by atoms with Crippen LogP contribution < -0.4 is 5.32 Å². The van der Waals surface area contributed by atoms with E-state index in [2.05, 4.69) is 37.4 Å². The van der Waals surface area contributed by atoms with Crippen molar-refractivity contribution in [3.05, 3.63) is 35.9 Å². The van der Waals surface area contributed by atoms with Gasteiger partial charge in [-0.2, -0.15) is 5.26 Å². The molecule has 0 saturated heterocycles. The van der Waals surface area contributed by atoms with Crippen LogP contribution in [0.15, 0.2) is 30.3 Å². The average Bonchev–Trinajstić information content (AvgIpc) is 2.30. The first-order chi connectivity index (χ1) is 7.59. The molecule has 0 saturated carbocycles. The van der Waals surface area contributed by atoms with Gasteiger partial charge in [-0.25, -0.2) is 0 Å². The van der Waals surface area contributed by atoms with Crippen LogP contribution >= 0.6 is 0 Å². The molecule has 0 radical (unpaired) electrons. The lowest BCUT2D eigenvalue weighted by molar-refractivity contribution is 0.382. The molecule has 0 aromatic heterocycles. The van der Waals surface area contributed by atoms with Gasteiger partial charge in [0, 0.05) is 12.5 Å². The Hall–Kier alpha value is -1.33. The minimum absolute atomic E-state index is 0.369. The van der Waals surface area contributed by atoms with Crippen molar-refractivity contribution in [2.45, 2.75) is 45.2 Å². The summed E-state index contributed by atoms with van der Waals surface area (Å²) in [6.07, 6.45) is 1.78. The van der Waals surface area contributed by atoms with Crippen molar-refractivity contribution in [3.63, 3.8) is 0 Å². The molecule has 2 nitrogen and oxygen atoms in total. The largest absolute Gasteiger partial charge is 0.297 e. The van der Waals surface area contributed by atoms with Crippen LogP contribution in [-0.2, 0) is 6.42 Å². The smallest absolute Gasteiger partial charge is 0.108 e. The molecule has 0 heterocycles. The summed E-state index contributed by atoms with van der Waals surface area (Å²) in [4.78, 5) is 0. The number of nitrogens with zero attached hydrogens (tertiary/aromatic N) is 1. The molecule has 16 heavy (non-hydrogen) atoms. The van der Waals surface area contributed by atoms with Gasteiger partial charge in [0.15, 0.2) is 0 Å². The monoisotopic (exact) mass is 216 g/mol. The van der Waals surface area contributed by atoms with Crippen molar-refractivity contribution in [3.8, 4) is 6.07 Å². The zero-order chi connectivity index (χ0) is 12.0. The van der Waals surface area contributed by atoms with E-state index in [0.29, 0.717) is 6.04 Å². The third-order valence-electron chi connectivity index (χ3n) is 2.82. The molecule has 0 bridgehead atoms. The third kappa shape index (κ3) is 3.67. The van der Waals surface area contributed by atoms with E-state index >= 15 is 0 Å². The van der Waals surface area contributed by atoms with Crippen LogP contribution in [0.5, 0.6) is 0 Å². The van der Waals surface area contributed by atoms with Gasteiger partial charge in [-0.1, -0.05) is 37.3 Å². The Morgan fingerprint density at radius 1 is 1.38 bits per heavy atom. The Kier molecular flexibility index (Phi) is 4.52. The van der Waals surface area contributed by atoms with Crippen molar-refractivity contribution >= 4 is 0 Å². The number of hydrogen-bond donors (Lipinski definition) is 1. The molecule has 1 aromatic rings. The van der Waals surface area contributed by atoms with Crippen LogP contribution in [0.4, 0.5) is 0 Å². The molecule has 2 unspecified atom stereocenters. The fraction of sp³-hybridized carbons (Fsp3) is 0.500. The molecule has 86 valence electrons.